The highest BCUT2D eigenvalue weighted by Crippen LogP contribution is 2.41. The van der Waals surface area contributed by atoms with Crippen molar-refractivity contribution in [3.63, 3.8) is 0 Å². The van der Waals surface area contributed by atoms with Crippen molar-refractivity contribution in [2.45, 2.75) is 37.5 Å². The van der Waals surface area contributed by atoms with Gasteiger partial charge in [0.05, 0.1) is 17.1 Å². The van der Waals surface area contributed by atoms with Crippen molar-refractivity contribution in [1.82, 2.24) is 15.0 Å². The molecule has 0 radical (unpaired) electrons. The Morgan fingerprint density at radius 3 is 1.76 bits per heavy atom. The summed E-state index contributed by atoms with van der Waals surface area (Å²) in [5, 5.41) is 2.19. The van der Waals surface area contributed by atoms with Gasteiger partial charge >= 0.3 is 0 Å². The van der Waals surface area contributed by atoms with E-state index in [1.54, 1.807) is 0 Å². The summed E-state index contributed by atoms with van der Waals surface area (Å²) in [6, 6.07) is 52.9. The van der Waals surface area contributed by atoms with Crippen LogP contribution in [0.15, 0.2) is 168 Å². The smallest absolute Gasteiger partial charge is 0.144 e. The number of rotatable bonds is 9. The molecule has 238 valence electrons. The molecule has 8 aromatic rings. The summed E-state index contributed by atoms with van der Waals surface area (Å²) in [7, 11) is 0. The molecule has 0 fully saturated rings. The van der Waals surface area contributed by atoms with Crippen LogP contribution < -0.4 is 0 Å². The van der Waals surface area contributed by atoms with Gasteiger partial charge in [-0.05, 0) is 91.6 Å². The Morgan fingerprint density at radius 2 is 1.12 bits per heavy atom. The molecule has 4 heteroatoms. The predicted molar refractivity (Wildman–Crippen MR) is 199 cm³/mol. The zero-order chi connectivity index (χ0) is 33.3. The molecule has 4 nitrogen and oxygen atoms in total. The van der Waals surface area contributed by atoms with E-state index in [9.17, 15) is 0 Å². The minimum Gasteiger partial charge on any atom is -0.455 e. The van der Waals surface area contributed by atoms with Gasteiger partial charge in [0, 0.05) is 51.7 Å². The molecule has 4 aromatic carbocycles. The van der Waals surface area contributed by atoms with Crippen LogP contribution in [0.4, 0.5) is 0 Å². The van der Waals surface area contributed by atoms with Gasteiger partial charge in [-0.2, -0.15) is 0 Å². The summed E-state index contributed by atoms with van der Waals surface area (Å²) < 4.78 is 6.61. The molecule has 2 unspecified atom stereocenters. The molecule has 0 saturated carbocycles. The fourth-order valence-corrected chi connectivity index (χ4v) is 7.35. The predicted octanol–water partition coefficient (Wildman–Crippen LogP) is 10.5. The Kier molecular flexibility index (Phi) is 7.85. The first kappa shape index (κ1) is 30.5. The molecular weight excluding hydrogens is 599 g/mol. The normalized spacial score (nSPS) is 14.0. The molecule has 0 amide bonds. The standard InChI is InChI=1S/C45H37N3O/c1-44(33-16-5-3-6-17-33,41-24-11-13-26-46-41)30-32-28-37-36-21-9-10-23-40(36)49-43(37)38(29-32)39-22-15-20-35(48-39)31-45(2,34-18-7-4-8-19-34)42-25-12-14-27-47-42/h3-29H,30-31H2,1-2H3. The lowest BCUT2D eigenvalue weighted by Gasteiger charge is -2.30. The number of benzene rings is 4. The lowest BCUT2D eigenvalue weighted by Crippen LogP contribution is -2.28. The highest BCUT2D eigenvalue weighted by molar-refractivity contribution is 6.09. The maximum atomic E-state index is 6.61. The van der Waals surface area contributed by atoms with Crippen LogP contribution in [0.3, 0.4) is 0 Å². The van der Waals surface area contributed by atoms with Gasteiger partial charge in [-0.3, -0.25) is 15.0 Å². The first-order valence-corrected chi connectivity index (χ1v) is 16.9. The minimum atomic E-state index is -0.370. The van der Waals surface area contributed by atoms with E-state index >= 15 is 0 Å². The van der Waals surface area contributed by atoms with Crippen LogP contribution in [-0.2, 0) is 23.7 Å². The van der Waals surface area contributed by atoms with Gasteiger partial charge < -0.3 is 4.42 Å². The van der Waals surface area contributed by atoms with Gasteiger partial charge in [0.1, 0.15) is 11.2 Å². The first-order chi connectivity index (χ1) is 24.0. The zero-order valence-electron chi connectivity index (χ0n) is 27.8. The molecule has 0 aliphatic heterocycles. The Hall–Kier alpha value is -5.87. The Labute approximate surface area is 287 Å². The van der Waals surface area contributed by atoms with E-state index in [2.05, 4.69) is 141 Å². The van der Waals surface area contributed by atoms with Crippen molar-refractivity contribution in [2.24, 2.45) is 0 Å². The quantitative estimate of drug-likeness (QED) is 0.158. The van der Waals surface area contributed by atoms with E-state index in [1.807, 2.05) is 36.7 Å². The molecule has 0 bridgehead atoms. The summed E-state index contributed by atoms with van der Waals surface area (Å²) in [4.78, 5) is 15.0. The number of furan rings is 1. The first-order valence-electron chi connectivity index (χ1n) is 16.9. The van der Waals surface area contributed by atoms with Crippen molar-refractivity contribution in [2.75, 3.05) is 0 Å². The third-order valence-corrected chi connectivity index (χ3v) is 10.00. The number of para-hydroxylation sites is 1. The van der Waals surface area contributed by atoms with Crippen LogP contribution in [0.25, 0.3) is 33.2 Å². The van der Waals surface area contributed by atoms with Gasteiger partial charge in [-0.15, -0.1) is 0 Å². The average Bonchev–Trinajstić information content (AvgIpc) is 3.54. The molecule has 0 aliphatic rings. The van der Waals surface area contributed by atoms with Crippen molar-refractivity contribution >= 4 is 21.9 Å². The molecular formula is C45H37N3O. The molecule has 0 saturated heterocycles. The van der Waals surface area contributed by atoms with E-state index in [1.165, 1.54) is 16.7 Å². The van der Waals surface area contributed by atoms with Crippen LogP contribution in [0.1, 0.15) is 47.6 Å². The number of pyridine rings is 3. The number of fused-ring (bicyclic) bond motifs is 3. The van der Waals surface area contributed by atoms with Crippen molar-refractivity contribution in [3.8, 4) is 11.3 Å². The van der Waals surface area contributed by atoms with E-state index in [-0.39, 0.29) is 10.8 Å². The molecule has 0 spiro atoms. The second kappa shape index (κ2) is 12.6. The lowest BCUT2D eigenvalue weighted by molar-refractivity contribution is 0.541. The van der Waals surface area contributed by atoms with Crippen molar-refractivity contribution in [3.05, 3.63) is 198 Å². The van der Waals surface area contributed by atoms with Crippen molar-refractivity contribution < 1.29 is 4.42 Å². The second-order valence-corrected chi connectivity index (χ2v) is 13.3. The van der Waals surface area contributed by atoms with Crippen LogP contribution in [0.2, 0.25) is 0 Å². The monoisotopic (exact) mass is 635 g/mol. The van der Waals surface area contributed by atoms with Crippen molar-refractivity contribution in [1.29, 1.82) is 0 Å². The minimum absolute atomic E-state index is 0.359. The number of hydrogen-bond acceptors (Lipinski definition) is 4. The molecule has 2 atom stereocenters. The van der Waals surface area contributed by atoms with E-state index < -0.39 is 0 Å². The zero-order valence-corrected chi connectivity index (χ0v) is 27.8. The van der Waals surface area contributed by atoms with Crippen LogP contribution in [0.5, 0.6) is 0 Å². The Bertz CT molecular complexity index is 2270. The lowest BCUT2D eigenvalue weighted by atomic mass is 9.74. The van der Waals surface area contributed by atoms with E-state index in [0.717, 1.165) is 56.7 Å². The fraction of sp³-hybridized carbons (Fsp3) is 0.133. The molecule has 4 aromatic heterocycles. The number of nitrogens with zero attached hydrogens (tertiary/aromatic N) is 3. The summed E-state index contributed by atoms with van der Waals surface area (Å²) >= 11 is 0. The highest BCUT2D eigenvalue weighted by Gasteiger charge is 2.33. The Morgan fingerprint density at radius 1 is 0.531 bits per heavy atom. The largest absolute Gasteiger partial charge is 0.455 e. The van der Waals surface area contributed by atoms with Gasteiger partial charge in [0.15, 0.2) is 0 Å². The number of aromatic nitrogens is 3. The molecule has 8 rings (SSSR count). The molecule has 4 heterocycles. The molecule has 0 N–H and O–H groups in total. The summed E-state index contributed by atoms with van der Waals surface area (Å²) in [5.74, 6) is 0. The fourth-order valence-electron chi connectivity index (χ4n) is 7.35. The average molecular weight is 636 g/mol. The van der Waals surface area contributed by atoms with Crippen LogP contribution in [-0.4, -0.2) is 15.0 Å². The topological polar surface area (TPSA) is 51.8 Å². The third kappa shape index (κ3) is 5.70. The summed E-state index contributed by atoms with van der Waals surface area (Å²) in [6.45, 7) is 4.56. The van der Waals surface area contributed by atoms with Crippen LogP contribution in [0, 0.1) is 0 Å². The van der Waals surface area contributed by atoms with E-state index in [4.69, 9.17) is 19.4 Å². The SMILES string of the molecule is CC(Cc1cc(-c2cccc(CC(C)(c3ccccc3)c3ccccn3)n2)c2oc3ccccc3c2c1)(c1ccccc1)c1ccccn1. The summed E-state index contributed by atoms with van der Waals surface area (Å²) in [6.07, 6.45) is 5.20. The number of hydrogen-bond donors (Lipinski definition) is 0. The maximum absolute atomic E-state index is 6.61. The molecule has 0 aliphatic carbocycles. The van der Waals surface area contributed by atoms with Gasteiger partial charge in [-0.25, -0.2) is 0 Å². The second-order valence-electron chi connectivity index (χ2n) is 13.3. The van der Waals surface area contributed by atoms with Gasteiger partial charge in [-0.1, -0.05) is 97.1 Å². The summed E-state index contributed by atoms with van der Waals surface area (Å²) in [5.41, 5.74) is 9.54. The highest BCUT2D eigenvalue weighted by atomic mass is 16.3. The van der Waals surface area contributed by atoms with Gasteiger partial charge in [0.25, 0.3) is 0 Å². The maximum Gasteiger partial charge on any atom is 0.144 e. The molecule has 49 heavy (non-hydrogen) atoms. The Balaban J connectivity index is 1.27. The third-order valence-electron chi connectivity index (χ3n) is 10.00. The van der Waals surface area contributed by atoms with Gasteiger partial charge in [0.2, 0.25) is 0 Å². The van der Waals surface area contributed by atoms with E-state index in [0.29, 0.717) is 6.42 Å². The van der Waals surface area contributed by atoms with Crippen LogP contribution >= 0.6 is 0 Å².